The van der Waals surface area contributed by atoms with Crippen molar-refractivity contribution in [2.75, 3.05) is 47.6 Å². The number of nitrogens with zero attached hydrogens (tertiary/aromatic N) is 1. The number of carbonyl (C=O) groups is 15. The summed E-state index contributed by atoms with van der Waals surface area (Å²) in [6.07, 6.45) is -4.97. The number of amides is 13. The quantitative estimate of drug-likeness (QED) is 0.0164. The minimum atomic E-state index is -5.10. The van der Waals surface area contributed by atoms with E-state index in [4.69, 9.17) is 21.1 Å². The molecule has 0 aliphatic carbocycles. The molecular formula is C50H76N14O28S9. The molecule has 51 heteroatoms. The fourth-order valence-corrected chi connectivity index (χ4v) is 13.6. The number of benzene rings is 1. The van der Waals surface area contributed by atoms with Crippen LogP contribution in [0.2, 0.25) is 0 Å². The van der Waals surface area contributed by atoms with E-state index >= 15 is 0 Å². The molecule has 0 saturated carbocycles. The Labute approximate surface area is 602 Å². The molecule has 101 heavy (non-hydrogen) atoms. The van der Waals surface area contributed by atoms with Crippen molar-refractivity contribution in [2.45, 2.75) is 131 Å². The molecule has 42 nitrogen and oxygen atoms in total. The van der Waals surface area contributed by atoms with Crippen molar-refractivity contribution in [1.29, 1.82) is 0 Å². The van der Waals surface area contributed by atoms with Gasteiger partial charge in [-0.15, -0.1) is 0 Å². The molecule has 568 valence electrons. The van der Waals surface area contributed by atoms with Crippen LogP contribution in [-0.4, -0.2) is 279 Å². The van der Waals surface area contributed by atoms with Crippen LogP contribution in [0, 0.1) is 0 Å². The maximum Gasteiger partial charge on any atom is 0.327 e. The van der Waals surface area contributed by atoms with Gasteiger partial charge < -0.3 is 95.3 Å². The van der Waals surface area contributed by atoms with Crippen LogP contribution in [0.4, 0.5) is 0 Å². The van der Waals surface area contributed by atoms with Crippen LogP contribution in [0.5, 0.6) is 5.75 Å². The van der Waals surface area contributed by atoms with Crippen molar-refractivity contribution in [2.24, 2.45) is 11.5 Å². The van der Waals surface area contributed by atoms with Gasteiger partial charge in [0.1, 0.15) is 72.2 Å². The van der Waals surface area contributed by atoms with Crippen LogP contribution in [0.25, 0.3) is 0 Å². The zero-order valence-corrected chi connectivity index (χ0v) is 60.4. The Morgan fingerprint density at radius 2 is 1.00 bits per heavy atom. The number of aliphatic hydroxyl groups excluding tert-OH is 1. The maximum absolute atomic E-state index is 14.4. The lowest BCUT2D eigenvalue weighted by molar-refractivity contribution is -0.143. The molecular weight excluding hydrogens is 1530 g/mol. The van der Waals surface area contributed by atoms with Crippen LogP contribution >= 0.6 is 70.3 Å². The predicted molar refractivity (Wildman–Crippen MR) is 366 cm³/mol. The number of phenols is 1. The second-order valence-corrected chi connectivity index (χ2v) is 32.8. The van der Waals surface area contributed by atoms with Crippen LogP contribution in [0.1, 0.15) is 51.5 Å². The van der Waals surface area contributed by atoms with Gasteiger partial charge in [-0.2, -0.15) is 63.1 Å². The largest absolute Gasteiger partial charge is 0.508 e. The average molecular weight is 1610 g/mol. The first kappa shape index (κ1) is 89.9. The Bertz CT molecular complexity index is 3550. The lowest BCUT2D eigenvalue weighted by atomic mass is 10.0. The van der Waals surface area contributed by atoms with Crippen LogP contribution in [0.3, 0.4) is 0 Å². The molecule has 0 aromatic heterocycles. The molecule has 1 saturated heterocycles. The van der Waals surface area contributed by atoms with Gasteiger partial charge in [-0.25, -0.2) is 4.79 Å². The number of carbonyl (C=O) groups excluding carboxylic acids is 13. The Hall–Kier alpha value is -7.18. The van der Waals surface area contributed by atoms with Gasteiger partial charge in [0, 0.05) is 53.9 Å². The number of rotatable bonds is 44. The first-order chi connectivity index (χ1) is 46.8. The lowest BCUT2D eigenvalue weighted by Crippen LogP contribution is -2.61. The average Bonchev–Trinajstić information content (AvgIpc) is 1.77. The van der Waals surface area contributed by atoms with E-state index in [9.17, 15) is 122 Å². The van der Waals surface area contributed by atoms with Gasteiger partial charge in [0.2, 0.25) is 76.8 Å². The third-order valence-corrected chi connectivity index (χ3v) is 20.9. The standard InChI is InChI=1S/C50H76N14O28S9/c1-21(39(71)59-30(16-94)44(76)63-38(22(2)65)48(80)53-14-36(68)55-31(17-95)50(82)83)54-47(79)34-4-3-11-64(34)49(81)28(13-35(52)67)58-43(75)29(15-93)60-46(78)33(20-98-101(90,91)92)62-42(74)27(12-23-5-7-24(66)8-6-23)57-41(73)26(9-10-37(69)70)56-45(77)32(19-97-100(87,88)89)61-40(72)25(51)18-96-99(84,85)86/h5-8,21-22,25-34,38,65-66,93-95H,3-4,9-20,51H2,1-2H3,(H2,52,67)(H,53,80)(H,54,79)(H,55,68)(H,56,77)(H,57,73)(H,58,75)(H,59,71)(H,60,78)(H,61,72)(H,62,74)(H,63,76)(H,69,70)(H,82,83)(H,84,85,86)(H,87,88,89)(H,90,91,92)/t21-,22+,25-,26-,27-,28-,29-,30-,31-,32-,33-,34-,38-/m0/s1. The van der Waals surface area contributed by atoms with Crippen molar-refractivity contribution >= 4 is 186 Å². The highest BCUT2D eigenvalue weighted by molar-refractivity contribution is 8.70. The topological polar surface area (TPSA) is 688 Å². The summed E-state index contributed by atoms with van der Waals surface area (Å²) in [5, 5.41) is 62.7. The molecule has 1 aliphatic rings. The molecule has 2 rings (SSSR count). The number of thiol groups is 3. The summed E-state index contributed by atoms with van der Waals surface area (Å²) >= 11 is 12.0. The number of likely N-dealkylation sites (tertiary alicyclic amines) is 1. The number of carboxylic acids is 2. The second kappa shape index (κ2) is 42.4. The highest BCUT2D eigenvalue weighted by atomic mass is 33.2. The highest BCUT2D eigenvalue weighted by Gasteiger charge is 2.41. The van der Waals surface area contributed by atoms with E-state index in [2.05, 4.69) is 91.1 Å². The zero-order valence-electron chi connectivity index (χ0n) is 52.8. The number of primary amides is 1. The van der Waals surface area contributed by atoms with Crippen LogP contribution in [-0.2, 0) is 106 Å². The minimum absolute atomic E-state index is 0.0819. The van der Waals surface area contributed by atoms with E-state index in [0.717, 1.165) is 30.9 Å². The summed E-state index contributed by atoms with van der Waals surface area (Å²) in [5.74, 6) is -23.7. The normalized spacial score (nSPS) is 16.7. The Morgan fingerprint density at radius 1 is 0.564 bits per heavy atom. The first-order valence-electron chi connectivity index (χ1n) is 29.0. The number of hydrogen-bond donors (Lipinski definition) is 23. The Balaban J connectivity index is 2.42. The minimum Gasteiger partial charge on any atom is -0.508 e. The SMILES string of the molecule is C[C@H](NC(=O)[C@@H]1CCCN1C(=O)[C@H](CC(N)=O)NC(=O)[C@H](CS)NC(=O)[C@H](CSS(=O)(=O)O)NC(=O)[C@H](Cc1ccc(O)cc1)NC(=O)[C@H](CCC(=O)O)NC(=O)[C@H](CSS(=O)(=O)O)NC(=O)[C@@H](N)CSS(=O)(=O)O)C(=O)N[C@@H](CS)C(=O)N[C@H](C(=O)NCC(=O)N[C@@H](CS)C(=O)O)[C@@H](C)O. The van der Waals surface area contributed by atoms with Gasteiger partial charge in [-0.3, -0.25) is 80.8 Å². The monoisotopic (exact) mass is 1610 g/mol. The van der Waals surface area contributed by atoms with E-state index < -0.39 is 256 Å². The van der Waals surface area contributed by atoms with Gasteiger partial charge in [-0.05, 0) is 83.2 Å². The molecule has 0 spiro atoms. The molecule has 0 bridgehead atoms. The summed E-state index contributed by atoms with van der Waals surface area (Å²) < 4.78 is 98.0. The number of nitrogens with two attached hydrogens (primary N) is 2. The number of phenolic OH excluding ortho intramolecular Hbond substituents is 1. The number of nitrogens with one attached hydrogen (secondary N) is 11. The van der Waals surface area contributed by atoms with Gasteiger partial charge in [0.05, 0.1) is 25.1 Å². The lowest BCUT2D eigenvalue weighted by Gasteiger charge is -2.30. The smallest absolute Gasteiger partial charge is 0.327 e. The fraction of sp³-hybridized carbons (Fsp3) is 0.580. The summed E-state index contributed by atoms with van der Waals surface area (Å²) in [4.78, 5) is 199. The molecule has 1 heterocycles. The summed E-state index contributed by atoms with van der Waals surface area (Å²) in [5.41, 5.74) is 11.2. The van der Waals surface area contributed by atoms with Gasteiger partial charge in [-0.1, -0.05) is 12.1 Å². The van der Waals surface area contributed by atoms with E-state index in [1.165, 1.54) is 12.1 Å². The van der Waals surface area contributed by atoms with Crippen molar-refractivity contribution in [3.05, 3.63) is 29.8 Å². The third kappa shape index (κ3) is 33.7. The molecule has 13 amide bonds. The zero-order chi connectivity index (χ0) is 77.0. The Kier molecular flexibility index (Phi) is 37.8. The molecule has 1 fully saturated rings. The maximum atomic E-state index is 14.4. The predicted octanol–water partition coefficient (Wildman–Crippen LogP) is -9.16. The number of carboxylic acid groups (broad SMARTS) is 2. The first-order valence-corrected chi connectivity index (χ1v) is 39.8. The van der Waals surface area contributed by atoms with Gasteiger partial charge >= 0.3 is 39.4 Å². The van der Waals surface area contributed by atoms with Crippen LogP contribution < -0.4 is 70.0 Å². The second-order valence-electron chi connectivity index (χ2n) is 21.5. The molecule has 1 aromatic carbocycles. The molecule has 13 atom stereocenters. The fourth-order valence-electron chi connectivity index (χ4n) is 8.49. The summed E-state index contributed by atoms with van der Waals surface area (Å²) in [6, 6.07) is -17.0. The van der Waals surface area contributed by atoms with Crippen LogP contribution in [0.15, 0.2) is 24.3 Å². The molecule has 1 aromatic rings. The van der Waals surface area contributed by atoms with E-state index in [1.54, 1.807) is 0 Å². The van der Waals surface area contributed by atoms with E-state index in [1.807, 2.05) is 5.32 Å². The summed E-state index contributed by atoms with van der Waals surface area (Å²) in [6.45, 7) is 1.26. The third-order valence-electron chi connectivity index (χ3n) is 13.6. The Morgan fingerprint density at radius 3 is 1.49 bits per heavy atom. The number of aromatic hydroxyl groups is 1. The number of aliphatic carboxylic acids is 2. The summed E-state index contributed by atoms with van der Waals surface area (Å²) in [7, 11) is -15.8. The highest BCUT2D eigenvalue weighted by Crippen LogP contribution is 2.21. The van der Waals surface area contributed by atoms with E-state index in [0.29, 0.717) is 0 Å². The molecule has 1 aliphatic heterocycles. The van der Waals surface area contributed by atoms with E-state index in [-0.39, 0.29) is 68.8 Å². The molecule has 22 N–H and O–H groups in total. The van der Waals surface area contributed by atoms with Crippen molar-refractivity contribution in [3.63, 3.8) is 0 Å². The van der Waals surface area contributed by atoms with Crippen molar-refractivity contribution in [3.8, 4) is 5.75 Å². The van der Waals surface area contributed by atoms with Crippen molar-refractivity contribution < 1.29 is 131 Å². The van der Waals surface area contributed by atoms with Gasteiger partial charge in [0.25, 0.3) is 0 Å². The number of hydrogen-bond acceptors (Lipinski definition) is 30. The molecule has 0 radical (unpaired) electrons. The van der Waals surface area contributed by atoms with Crippen molar-refractivity contribution in [1.82, 2.24) is 63.4 Å². The number of aliphatic hydroxyl groups is 1. The molecule has 0 unspecified atom stereocenters. The van der Waals surface area contributed by atoms with Gasteiger partial charge in [0.15, 0.2) is 0 Å².